The molecule has 0 heterocycles. The molecule has 1 amide bonds. The monoisotopic (exact) mass is 427 g/mol. The number of hydrogen-bond acceptors (Lipinski definition) is 5. The number of ether oxygens (including phenoxy) is 3. The molecule has 0 aromatic heterocycles. The van der Waals surface area contributed by atoms with E-state index in [2.05, 4.69) is 51.6 Å². The SMILES string of the molecule is COC(=O)C(=O)Nc1cc(C(C)C)c(Oc2ccc(OC)c(C(C)C)c2)c(C(C)C)c1. The van der Waals surface area contributed by atoms with Crippen LogP contribution in [-0.4, -0.2) is 26.1 Å². The number of anilines is 1. The molecule has 0 aliphatic heterocycles. The lowest BCUT2D eigenvalue weighted by Crippen LogP contribution is -2.24. The number of nitrogens with one attached hydrogen (secondary N) is 1. The molecule has 0 unspecified atom stereocenters. The minimum Gasteiger partial charge on any atom is -0.496 e. The van der Waals surface area contributed by atoms with Crippen LogP contribution in [0.2, 0.25) is 0 Å². The molecular weight excluding hydrogens is 394 g/mol. The van der Waals surface area contributed by atoms with Crippen LogP contribution in [0.15, 0.2) is 30.3 Å². The Morgan fingerprint density at radius 1 is 0.806 bits per heavy atom. The van der Waals surface area contributed by atoms with Crippen molar-refractivity contribution in [3.05, 3.63) is 47.0 Å². The number of hydrogen-bond donors (Lipinski definition) is 1. The topological polar surface area (TPSA) is 73.9 Å². The van der Waals surface area contributed by atoms with Crippen molar-refractivity contribution in [3.63, 3.8) is 0 Å². The van der Waals surface area contributed by atoms with Crippen molar-refractivity contribution in [1.29, 1.82) is 0 Å². The molecule has 0 aliphatic carbocycles. The Morgan fingerprint density at radius 2 is 1.35 bits per heavy atom. The number of carbonyl (C=O) groups is 2. The largest absolute Gasteiger partial charge is 0.496 e. The fourth-order valence-corrected chi connectivity index (χ4v) is 3.34. The van der Waals surface area contributed by atoms with Gasteiger partial charge in [-0.1, -0.05) is 41.5 Å². The van der Waals surface area contributed by atoms with Crippen molar-refractivity contribution in [2.75, 3.05) is 19.5 Å². The van der Waals surface area contributed by atoms with E-state index >= 15 is 0 Å². The lowest BCUT2D eigenvalue weighted by Gasteiger charge is -2.22. The first-order chi connectivity index (χ1) is 14.6. The Balaban J connectivity index is 2.55. The Morgan fingerprint density at radius 3 is 1.81 bits per heavy atom. The van der Waals surface area contributed by atoms with Gasteiger partial charge in [0.1, 0.15) is 17.2 Å². The summed E-state index contributed by atoms with van der Waals surface area (Å²) in [6.45, 7) is 12.5. The molecule has 0 saturated heterocycles. The predicted molar refractivity (Wildman–Crippen MR) is 122 cm³/mol. The molecule has 31 heavy (non-hydrogen) atoms. The van der Waals surface area contributed by atoms with Gasteiger partial charge in [0, 0.05) is 11.3 Å². The molecule has 168 valence electrons. The third kappa shape index (κ3) is 5.78. The normalized spacial score (nSPS) is 11.1. The Labute approximate surface area is 184 Å². The molecule has 6 heteroatoms. The van der Waals surface area contributed by atoms with Gasteiger partial charge in [-0.25, -0.2) is 4.79 Å². The standard InChI is InChI=1S/C25H33NO5/c1-14(2)19-13-18(9-10-22(19)29-7)31-23-20(15(3)4)11-17(12-21(23)16(5)6)26-24(27)25(28)30-8/h9-16H,1-8H3,(H,26,27). The van der Waals surface area contributed by atoms with Gasteiger partial charge in [0.25, 0.3) is 0 Å². The van der Waals surface area contributed by atoms with E-state index in [1.807, 2.05) is 30.3 Å². The average molecular weight is 428 g/mol. The maximum absolute atomic E-state index is 12.0. The van der Waals surface area contributed by atoms with Crippen LogP contribution in [0.1, 0.15) is 76.0 Å². The van der Waals surface area contributed by atoms with E-state index in [9.17, 15) is 9.59 Å². The van der Waals surface area contributed by atoms with E-state index in [1.165, 1.54) is 7.11 Å². The molecule has 0 atom stereocenters. The third-order valence-corrected chi connectivity index (χ3v) is 5.06. The van der Waals surface area contributed by atoms with Gasteiger partial charge in [0.05, 0.1) is 14.2 Å². The molecule has 0 aliphatic rings. The molecule has 0 saturated carbocycles. The molecule has 0 radical (unpaired) electrons. The fraction of sp³-hybridized carbons (Fsp3) is 0.440. The lowest BCUT2D eigenvalue weighted by molar-refractivity contribution is -0.150. The van der Waals surface area contributed by atoms with Crippen LogP contribution in [0.25, 0.3) is 0 Å². The van der Waals surface area contributed by atoms with Gasteiger partial charge < -0.3 is 19.5 Å². The van der Waals surface area contributed by atoms with Gasteiger partial charge in [-0.2, -0.15) is 0 Å². The first kappa shape index (κ1) is 24.3. The van der Waals surface area contributed by atoms with E-state index < -0.39 is 11.9 Å². The first-order valence-electron chi connectivity index (χ1n) is 10.5. The Bertz CT molecular complexity index is 918. The quantitative estimate of drug-likeness (QED) is 0.435. The average Bonchev–Trinajstić information content (AvgIpc) is 2.73. The molecule has 0 fully saturated rings. The number of rotatable bonds is 7. The highest BCUT2D eigenvalue weighted by molar-refractivity contribution is 6.37. The van der Waals surface area contributed by atoms with Crippen LogP contribution in [0.4, 0.5) is 5.69 Å². The van der Waals surface area contributed by atoms with Crippen molar-refractivity contribution in [2.24, 2.45) is 0 Å². The minimum absolute atomic E-state index is 0.130. The summed E-state index contributed by atoms with van der Waals surface area (Å²) in [5, 5.41) is 2.63. The zero-order chi connectivity index (χ0) is 23.3. The molecule has 2 aromatic carbocycles. The summed E-state index contributed by atoms with van der Waals surface area (Å²) in [5.41, 5.74) is 3.48. The molecule has 2 aromatic rings. The van der Waals surface area contributed by atoms with Crippen molar-refractivity contribution in [3.8, 4) is 17.2 Å². The maximum Gasteiger partial charge on any atom is 0.396 e. The number of methoxy groups -OCH3 is 2. The maximum atomic E-state index is 12.0. The molecule has 0 spiro atoms. The van der Waals surface area contributed by atoms with Gasteiger partial charge in [-0.3, -0.25) is 4.79 Å². The van der Waals surface area contributed by atoms with Crippen molar-refractivity contribution >= 4 is 17.6 Å². The highest BCUT2D eigenvalue weighted by Crippen LogP contribution is 2.41. The van der Waals surface area contributed by atoms with Crippen LogP contribution in [0, 0.1) is 0 Å². The number of amides is 1. The van der Waals surface area contributed by atoms with E-state index in [-0.39, 0.29) is 17.8 Å². The molecule has 1 N–H and O–H groups in total. The highest BCUT2D eigenvalue weighted by Gasteiger charge is 2.21. The molecule has 2 rings (SSSR count). The minimum atomic E-state index is -0.933. The Kier molecular flexibility index (Phi) is 8.08. The van der Waals surface area contributed by atoms with E-state index in [1.54, 1.807) is 7.11 Å². The summed E-state index contributed by atoms with van der Waals surface area (Å²) < 4.78 is 16.4. The zero-order valence-corrected chi connectivity index (χ0v) is 19.7. The second kappa shape index (κ2) is 10.3. The first-order valence-corrected chi connectivity index (χ1v) is 10.5. The van der Waals surface area contributed by atoms with Gasteiger partial charge in [0.15, 0.2) is 0 Å². The number of benzene rings is 2. The summed E-state index contributed by atoms with van der Waals surface area (Å²) in [4.78, 5) is 23.5. The second-order valence-corrected chi connectivity index (χ2v) is 8.40. The highest BCUT2D eigenvalue weighted by atomic mass is 16.5. The zero-order valence-electron chi connectivity index (χ0n) is 19.7. The van der Waals surface area contributed by atoms with Gasteiger partial charge >= 0.3 is 11.9 Å². The van der Waals surface area contributed by atoms with Crippen LogP contribution in [0.5, 0.6) is 17.2 Å². The van der Waals surface area contributed by atoms with E-state index in [0.29, 0.717) is 5.69 Å². The summed E-state index contributed by atoms with van der Waals surface area (Å²) in [6, 6.07) is 9.51. The fourth-order valence-electron chi connectivity index (χ4n) is 3.34. The second-order valence-electron chi connectivity index (χ2n) is 8.40. The van der Waals surface area contributed by atoms with Crippen molar-refractivity contribution < 1.29 is 23.8 Å². The number of carbonyl (C=O) groups excluding carboxylic acids is 2. The predicted octanol–water partition coefficient (Wildman–Crippen LogP) is 5.97. The Hall–Kier alpha value is -3.02. The van der Waals surface area contributed by atoms with Crippen LogP contribution in [0.3, 0.4) is 0 Å². The molecular formula is C25H33NO5. The molecule has 0 bridgehead atoms. The van der Waals surface area contributed by atoms with Crippen molar-refractivity contribution in [2.45, 2.75) is 59.3 Å². The van der Waals surface area contributed by atoms with Gasteiger partial charge in [-0.05, 0) is 59.2 Å². The number of esters is 1. The van der Waals surface area contributed by atoms with Crippen LogP contribution in [-0.2, 0) is 14.3 Å². The van der Waals surface area contributed by atoms with E-state index in [4.69, 9.17) is 9.47 Å². The van der Waals surface area contributed by atoms with Crippen LogP contribution >= 0.6 is 0 Å². The van der Waals surface area contributed by atoms with Gasteiger partial charge in [0.2, 0.25) is 0 Å². The summed E-state index contributed by atoms with van der Waals surface area (Å²) in [5.74, 6) is 1.12. The van der Waals surface area contributed by atoms with Crippen molar-refractivity contribution in [1.82, 2.24) is 0 Å². The molecule has 6 nitrogen and oxygen atoms in total. The summed E-state index contributed by atoms with van der Waals surface area (Å²) >= 11 is 0. The third-order valence-electron chi connectivity index (χ3n) is 5.06. The van der Waals surface area contributed by atoms with E-state index in [0.717, 1.165) is 33.9 Å². The van der Waals surface area contributed by atoms with Crippen LogP contribution < -0.4 is 14.8 Å². The summed E-state index contributed by atoms with van der Waals surface area (Å²) in [7, 11) is 2.84. The lowest BCUT2D eigenvalue weighted by atomic mass is 9.93. The smallest absolute Gasteiger partial charge is 0.396 e. The summed E-state index contributed by atoms with van der Waals surface area (Å²) in [6.07, 6.45) is 0. The van der Waals surface area contributed by atoms with Gasteiger partial charge in [-0.15, -0.1) is 0 Å².